The summed E-state index contributed by atoms with van der Waals surface area (Å²) in [4.78, 5) is 17.3. The Morgan fingerprint density at radius 3 is 2.17 bits per heavy atom. The molecule has 0 radical (unpaired) electrons. The van der Waals surface area contributed by atoms with E-state index in [0.29, 0.717) is 12.2 Å². The quantitative estimate of drug-likeness (QED) is 0.150. The van der Waals surface area contributed by atoms with Gasteiger partial charge in [-0.05, 0) is 101 Å². The standard InChI is InChI=1S/C35H46N2O3/c1-7-12-29(17-16-27(2)40-34(39)35(3,4)5)33(32(15-11-26-38)28-13-9-8-10-14-28)30-18-20-31(21-19-30)37-24-22-36(6)23-25-37/h7-10,12-14,16-21,38H,11,15,22-26H2,1-6H3/b12-7-,27-16+,29-17+,33-32-. The SMILES string of the molecule is C\C=C/C(=C\C=C(/C)OC(=O)C(C)(C)C)C(=C(\CCCO)c1ccccc1)/c1ccc(N2CCN(C)CC2)cc1. The third kappa shape index (κ3) is 8.80. The van der Waals surface area contributed by atoms with Gasteiger partial charge in [0.25, 0.3) is 0 Å². The fourth-order valence-corrected chi connectivity index (χ4v) is 4.67. The molecule has 5 heteroatoms. The Bertz CT molecular complexity index is 1220. The van der Waals surface area contributed by atoms with Gasteiger partial charge in [0.15, 0.2) is 0 Å². The van der Waals surface area contributed by atoms with E-state index in [1.165, 1.54) is 11.3 Å². The van der Waals surface area contributed by atoms with Crippen LogP contribution in [-0.4, -0.2) is 55.8 Å². The lowest BCUT2D eigenvalue weighted by atomic mass is 9.86. The molecular formula is C35H46N2O3. The summed E-state index contributed by atoms with van der Waals surface area (Å²) in [5, 5.41) is 9.76. The third-order valence-electron chi connectivity index (χ3n) is 7.03. The lowest BCUT2D eigenvalue weighted by Gasteiger charge is -2.34. The summed E-state index contributed by atoms with van der Waals surface area (Å²) in [5.74, 6) is 0.286. The lowest BCUT2D eigenvalue weighted by molar-refractivity contribution is -0.148. The average Bonchev–Trinajstić information content (AvgIpc) is 2.94. The summed E-state index contributed by atoms with van der Waals surface area (Å²) in [6.07, 6.45) is 9.41. The number of aliphatic hydroxyl groups excluding tert-OH is 1. The number of carbonyl (C=O) groups is 1. The molecule has 0 spiro atoms. The van der Waals surface area contributed by atoms with Crippen molar-refractivity contribution in [2.24, 2.45) is 5.41 Å². The summed E-state index contributed by atoms with van der Waals surface area (Å²) >= 11 is 0. The van der Waals surface area contributed by atoms with Crippen LogP contribution in [0.1, 0.15) is 58.6 Å². The molecule has 2 aromatic carbocycles. The highest BCUT2D eigenvalue weighted by Crippen LogP contribution is 2.37. The van der Waals surface area contributed by atoms with Crippen LogP contribution < -0.4 is 4.90 Å². The zero-order valence-electron chi connectivity index (χ0n) is 25.1. The average molecular weight is 543 g/mol. The topological polar surface area (TPSA) is 53.0 Å². The molecule has 1 aliphatic rings. The van der Waals surface area contributed by atoms with Gasteiger partial charge in [0.1, 0.15) is 5.76 Å². The van der Waals surface area contributed by atoms with Crippen molar-refractivity contribution < 1.29 is 14.6 Å². The van der Waals surface area contributed by atoms with Gasteiger partial charge in [0, 0.05) is 38.5 Å². The van der Waals surface area contributed by atoms with Crippen molar-refractivity contribution in [1.82, 2.24) is 4.90 Å². The smallest absolute Gasteiger partial charge is 0.316 e. The van der Waals surface area contributed by atoms with Crippen LogP contribution in [0.15, 0.2) is 90.2 Å². The molecule has 0 atom stereocenters. The van der Waals surface area contributed by atoms with Gasteiger partial charge in [-0.2, -0.15) is 0 Å². The summed E-state index contributed by atoms with van der Waals surface area (Å²) in [6, 6.07) is 19.2. The molecule has 0 aliphatic carbocycles. The van der Waals surface area contributed by atoms with Gasteiger partial charge >= 0.3 is 5.97 Å². The molecule has 1 fully saturated rings. The molecule has 3 rings (SSSR count). The number of likely N-dealkylation sites (N-methyl/N-ethyl adjacent to an activating group) is 1. The minimum atomic E-state index is -0.577. The second-order valence-electron chi connectivity index (χ2n) is 11.4. The number of anilines is 1. The number of hydrogen-bond donors (Lipinski definition) is 1. The normalized spacial score (nSPS) is 16.3. The Kier molecular flexibility index (Phi) is 11.5. The van der Waals surface area contributed by atoms with E-state index in [-0.39, 0.29) is 12.6 Å². The second kappa shape index (κ2) is 14.8. The van der Waals surface area contributed by atoms with Gasteiger partial charge in [-0.15, -0.1) is 0 Å². The van der Waals surface area contributed by atoms with Gasteiger partial charge in [-0.1, -0.05) is 60.7 Å². The predicted molar refractivity (Wildman–Crippen MR) is 168 cm³/mol. The van der Waals surface area contributed by atoms with Crippen LogP contribution >= 0.6 is 0 Å². The third-order valence-corrected chi connectivity index (χ3v) is 7.03. The molecule has 0 saturated carbocycles. The number of piperazine rings is 1. The van der Waals surface area contributed by atoms with E-state index in [4.69, 9.17) is 4.74 Å². The maximum absolute atomic E-state index is 12.5. The van der Waals surface area contributed by atoms with E-state index in [0.717, 1.165) is 54.9 Å². The molecule has 0 aromatic heterocycles. The zero-order valence-corrected chi connectivity index (χ0v) is 25.1. The van der Waals surface area contributed by atoms with Crippen LogP contribution in [0.3, 0.4) is 0 Å². The van der Waals surface area contributed by atoms with Crippen LogP contribution in [0.25, 0.3) is 11.1 Å². The van der Waals surface area contributed by atoms with E-state index < -0.39 is 5.41 Å². The van der Waals surface area contributed by atoms with Crippen molar-refractivity contribution >= 4 is 22.8 Å². The Morgan fingerprint density at radius 2 is 1.60 bits per heavy atom. The molecule has 1 heterocycles. The fraction of sp³-hybridized carbons (Fsp3) is 0.400. The van der Waals surface area contributed by atoms with E-state index in [1.807, 2.05) is 58.9 Å². The number of benzene rings is 2. The number of nitrogens with zero attached hydrogens (tertiary/aromatic N) is 2. The van der Waals surface area contributed by atoms with E-state index in [2.05, 4.69) is 71.5 Å². The van der Waals surface area contributed by atoms with Gasteiger partial charge < -0.3 is 19.6 Å². The molecule has 5 nitrogen and oxygen atoms in total. The predicted octanol–water partition coefficient (Wildman–Crippen LogP) is 7.12. The van der Waals surface area contributed by atoms with E-state index >= 15 is 0 Å². The molecule has 0 unspecified atom stereocenters. The van der Waals surface area contributed by atoms with Crippen LogP contribution in [0.4, 0.5) is 5.69 Å². The Labute approximate surface area is 241 Å². The minimum Gasteiger partial charge on any atom is -0.431 e. The van der Waals surface area contributed by atoms with Gasteiger partial charge in [0.2, 0.25) is 0 Å². The van der Waals surface area contributed by atoms with Crippen molar-refractivity contribution in [3.05, 3.63) is 101 Å². The number of hydrogen-bond acceptors (Lipinski definition) is 5. The largest absolute Gasteiger partial charge is 0.431 e. The van der Waals surface area contributed by atoms with Crippen LogP contribution in [0.5, 0.6) is 0 Å². The molecular weight excluding hydrogens is 496 g/mol. The van der Waals surface area contributed by atoms with E-state index in [9.17, 15) is 9.90 Å². The van der Waals surface area contributed by atoms with Gasteiger partial charge in [-0.25, -0.2) is 0 Å². The maximum atomic E-state index is 12.5. The Hall–Kier alpha value is -3.41. The minimum absolute atomic E-state index is 0.121. The number of carbonyl (C=O) groups excluding carboxylic acids is 1. The fourth-order valence-electron chi connectivity index (χ4n) is 4.67. The summed E-state index contributed by atoms with van der Waals surface area (Å²) in [7, 11) is 2.17. The highest BCUT2D eigenvalue weighted by atomic mass is 16.5. The number of esters is 1. The number of ether oxygens (including phenoxy) is 1. The zero-order chi connectivity index (χ0) is 29.1. The molecule has 0 bridgehead atoms. The molecule has 1 N–H and O–H groups in total. The van der Waals surface area contributed by atoms with Gasteiger partial charge in [-0.3, -0.25) is 4.79 Å². The van der Waals surface area contributed by atoms with Crippen molar-refractivity contribution in [3.63, 3.8) is 0 Å². The molecule has 40 heavy (non-hydrogen) atoms. The highest BCUT2D eigenvalue weighted by Gasteiger charge is 2.23. The molecule has 214 valence electrons. The number of rotatable bonds is 10. The van der Waals surface area contributed by atoms with Crippen molar-refractivity contribution in [2.75, 3.05) is 44.7 Å². The molecule has 1 aliphatic heterocycles. The number of allylic oxidation sites excluding steroid dienone is 8. The molecule has 2 aromatic rings. The summed E-state index contributed by atoms with van der Waals surface area (Å²) in [6.45, 7) is 13.7. The molecule has 1 saturated heterocycles. The first-order valence-electron chi connectivity index (χ1n) is 14.3. The van der Waals surface area contributed by atoms with Crippen LogP contribution in [-0.2, 0) is 9.53 Å². The van der Waals surface area contributed by atoms with Crippen molar-refractivity contribution in [1.29, 1.82) is 0 Å². The first kappa shape index (κ1) is 31.1. The van der Waals surface area contributed by atoms with Crippen molar-refractivity contribution in [3.8, 4) is 0 Å². The second-order valence-corrected chi connectivity index (χ2v) is 11.4. The first-order valence-corrected chi connectivity index (χ1v) is 14.3. The Balaban J connectivity index is 2.14. The maximum Gasteiger partial charge on any atom is 0.316 e. The lowest BCUT2D eigenvalue weighted by Crippen LogP contribution is -2.44. The molecule has 0 amide bonds. The van der Waals surface area contributed by atoms with E-state index in [1.54, 1.807) is 0 Å². The summed E-state index contributed by atoms with van der Waals surface area (Å²) in [5.41, 5.74) is 6.18. The summed E-state index contributed by atoms with van der Waals surface area (Å²) < 4.78 is 5.62. The first-order chi connectivity index (χ1) is 19.1. The Morgan fingerprint density at radius 1 is 0.950 bits per heavy atom. The monoisotopic (exact) mass is 542 g/mol. The van der Waals surface area contributed by atoms with Crippen LogP contribution in [0, 0.1) is 5.41 Å². The highest BCUT2D eigenvalue weighted by molar-refractivity contribution is 6.00. The van der Waals surface area contributed by atoms with Crippen molar-refractivity contribution in [2.45, 2.75) is 47.5 Å². The number of aliphatic hydroxyl groups is 1. The van der Waals surface area contributed by atoms with Crippen LogP contribution in [0.2, 0.25) is 0 Å². The van der Waals surface area contributed by atoms with Gasteiger partial charge in [0.05, 0.1) is 5.41 Å².